The molecule has 1 aliphatic heterocycles. The minimum Gasteiger partial charge on any atom is -0.493 e. The fourth-order valence-electron chi connectivity index (χ4n) is 6.30. The fraction of sp³-hybridized carbons (Fsp3) is 0.200. The van der Waals surface area contributed by atoms with E-state index in [-0.39, 0.29) is 11.4 Å². The first-order valence-electron chi connectivity index (χ1n) is 16.0. The molecule has 7 rings (SSSR count). The van der Waals surface area contributed by atoms with E-state index in [1.54, 1.807) is 12.1 Å². The molecule has 0 radical (unpaired) electrons. The molecule has 0 amide bonds. The van der Waals surface area contributed by atoms with Crippen LogP contribution in [0.5, 0.6) is 5.75 Å². The van der Waals surface area contributed by atoms with Crippen LogP contribution >= 0.6 is 0 Å². The zero-order chi connectivity index (χ0) is 31.5. The topological polar surface area (TPSA) is 70.7 Å². The van der Waals surface area contributed by atoms with Crippen molar-refractivity contribution in [3.05, 3.63) is 125 Å². The lowest BCUT2D eigenvalue weighted by Gasteiger charge is -2.18. The zero-order valence-electron chi connectivity index (χ0n) is 25.8. The van der Waals surface area contributed by atoms with Gasteiger partial charge in [-0.3, -0.25) is 4.79 Å². The summed E-state index contributed by atoms with van der Waals surface area (Å²) in [5.74, 6) is 0.769. The average Bonchev–Trinajstić information content (AvgIpc) is 3.40. The number of rotatable bonds is 11. The summed E-state index contributed by atoms with van der Waals surface area (Å²) in [6.45, 7) is 3.88. The van der Waals surface area contributed by atoms with Crippen LogP contribution in [0.3, 0.4) is 0 Å². The highest BCUT2D eigenvalue weighted by molar-refractivity contribution is 6.09. The van der Waals surface area contributed by atoms with Crippen molar-refractivity contribution in [1.29, 1.82) is 0 Å². The Hall–Kier alpha value is -5.36. The summed E-state index contributed by atoms with van der Waals surface area (Å²) in [7, 11) is 0. The van der Waals surface area contributed by atoms with Crippen LogP contribution in [0.25, 0.3) is 55.2 Å². The predicted molar refractivity (Wildman–Crippen MR) is 184 cm³/mol. The van der Waals surface area contributed by atoms with Crippen molar-refractivity contribution in [2.75, 3.05) is 13.2 Å². The Morgan fingerprint density at radius 1 is 0.717 bits per heavy atom. The van der Waals surface area contributed by atoms with Crippen LogP contribution in [-0.4, -0.2) is 23.8 Å². The van der Waals surface area contributed by atoms with Gasteiger partial charge in [-0.15, -0.1) is 0 Å². The third kappa shape index (κ3) is 5.63. The number of carbonyl (C=O) groups is 1. The van der Waals surface area contributed by atoms with Crippen molar-refractivity contribution in [2.45, 2.75) is 39.2 Å². The van der Waals surface area contributed by atoms with Crippen LogP contribution in [0.4, 0.5) is 0 Å². The lowest BCUT2D eigenvalue weighted by atomic mass is 9.91. The smallest absolute Gasteiger partial charge is 0.338 e. The Balaban J connectivity index is 1.13. The number of hydrogen-bond acceptors (Lipinski definition) is 5. The van der Waals surface area contributed by atoms with Crippen molar-refractivity contribution < 1.29 is 18.7 Å². The molecule has 0 fully saturated rings. The molecule has 0 atom stereocenters. The minimum absolute atomic E-state index is 0.148. The summed E-state index contributed by atoms with van der Waals surface area (Å²) < 4.78 is 20.4. The molecular weight excluding hydrogens is 574 g/mol. The van der Waals surface area contributed by atoms with Crippen LogP contribution in [0.15, 0.2) is 118 Å². The second kappa shape index (κ2) is 12.9. The standard InChI is InChI=1S/C40H35NO5/c1-2-3-23-44-28-19-21-34-38(26-28)46-37-25-27(42)18-20-33(37)39(34)31-14-4-5-15-32(31)40(43)45-24-11-10-22-41-35-16-8-6-12-29(35)30-13-7-9-17-36(30)41/h4-9,12-21,25-26H,2-3,10-11,22-24H2,1H3. The molecule has 0 unspecified atom stereocenters. The summed E-state index contributed by atoms with van der Waals surface area (Å²) in [6.07, 6.45) is 3.59. The molecule has 5 aromatic rings. The number of ether oxygens (including phenoxy) is 2. The van der Waals surface area contributed by atoms with E-state index < -0.39 is 0 Å². The third-order valence-electron chi connectivity index (χ3n) is 8.54. The van der Waals surface area contributed by atoms with Gasteiger partial charge >= 0.3 is 5.97 Å². The van der Waals surface area contributed by atoms with Gasteiger partial charge in [-0.25, -0.2) is 4.79 Å². The summed E-state index contributed by atoms with van der Waals surface area (Å²) in [6, 6.07) is 34.9. The van der Waals surface area contributed by atoms with Crippen LogP contribution in [0, 0.1) is 0 Å². The second-order valence-electron chi connectivity index (χ2n) is 11.6. The lowest BCUT2D eigenvalue weighted by molar-refractivity contribution is 0.0498. The number of unbranched alkanes of at least 4 members (excludes halogenated alkanes) is 2. The molecule has 0 spiro atoms. The van der Waals surface area contributed by atoms with Gasteiger partial charge in [-0.1, -0.05) is 67.9 Å². The highest BCUT2D eigenvalue weighted by Gasteiger charge is 2.22. The van der Waals surface area contributed by atoms with Crippen LogP contribution in [0.1, 0.15) is 43.0 Å². The first-order valence-corrected chi connectivity index (χ1v) is 16.0. The minimum atomic E-state index is -0.380. The summed E-state index contributed by atoms with van der Waals surface area (Å²) in [5.41, 5.74) is 5.61. The van der Waals surface area contributed by atoms with Crippen molar-refractivity contribution in [2.24, 2.45) is 0 Å². The van der Waals surface area contributed by atoms with Crippen LogP contribution in [-0.2, 0) is 11.3 Å². The number of benzene rings is 5. The van der Waals surface area contributed by atoms with Gasteiger partial charge in [0.15, 0.2) is 5.43 Å². The van der Waals surface area contributed by atoms with E-state index in [0.29, 0.717) is 35.9 Å². The van der Waals surface area contributed by atoms with Gasteiger partial charge in [-0.2, -0.15) is 0 Å². The molecule has 1 aliphatic carbocycles. The molecule has 0 bridgehead atoms. The van der Waals surface area contributed by atoms with E-state index >= 15 is 0 Å². The van der Waals surface area contributed by atoms with Gasteiger partial charge in [0, 0.05) is 57.0 Å². The molecule has 0 saturated carbocycles. The fourth-order valence-corrected chi connectivity index (χ4v) is 6.30. The monoisotopic (exact) mass is 609 g/mol. The first-order chi connectivity index (χ1) is 22.6. The quantitative estimate of drug-likeness (QED) is 0.0830. The van der Waals surface area contributed by atoms with Crippen LogP contribution < -0.4 is 10.2 Å². The van der Waals surface area contributed by atoms with E-state index in [9.17, 15) is 9.59 Å². The van der Waals surface area contributed by atoms with Crippen molar-refractivity contribution >= 4 is 38.7 Å². The average molecular weight is 610 g/mol. The molecule has 230 valence electrons. The maximum Gasteiger partial charge on any atom is 0.338 e. The number of aromatic nitrogens is 1. The molecule has 2 aliphatic rings. The number of fused-ring (bicyclic) bond motifs is 5. The Labute approximate surface area is 267 Å². The number of esters is 1. The van der Waals surface area contributed by atoms with Gasteiger partial charge < -0.3 is 18.5 Å². The number of para-hydroxylation sites is 2. The number of hydrogen-bond donors (Lipinski definition) is 0. The van der Waals surface area contributed by atoms with Gasteiger partial charge in [0.25, 0.3) is 0 Å². The summed E-state index contributed by atoms with van der Waals surface area (Å²) >= 11 is 0. The van der Waals surface area contributed by atoms with Crippen molar-refractivity contribution in [3.63, 3.8) is 0 Å². The summed E-state index contributed by atoms with van der Waals surface area (Å²) in [4.78, 5) is 25.9. The highest BCUT2D eigenvalue weighted by Crippen LogP contribution is 2.42. The maximum absolute atomic E-state index is 13.6. The van der Waals surface area contributed by atoms with E-state index in [4.69, 9.17) is 13.9 Å². The van der Waals surface area contributed by atoms with E-state index in [1.165, 1.54) is 33.9 Å². The van der Waals surface area contributed by atoms with E-state index in [1.807, 2.05) is 36.4 Å². The highest BCUT2D eigenvalue weighted by atomic mass is 16.5. The Morgan fingerprint density at radius 2 is 1.46 bits per heavy atom. The van der Waals surface area contributed by atoms with Gasteiger partial charge in [0.2, 0.25) is 0 Å². The second-order valence-corrected chi connectivity index (χ2v) is 11.6. The van der Waals surface area contributed by atoms with Gasteiger partial charge in [0.05, 0.1) is 18.8 Å². The predicted octanol–water partition coefficient (Wildman–Crippen LogP) is 9.49. The van der Waals surface area contributed by atoms with E-state index in [0.717, 1.165) is 54.3 Å². The van der Waals surface area contributed by atoms with Gasteiger partial charge in [-0.05, 0) is 67.3 Å². The lowest BCUT2D eigenvalue weighted by Crippen LogP contribution is -2.09. The molecule has 46 heavy (non-hydrogen) atoms. The van der Waals surface area contributed by atoms with Crippen molar-refractivity contribution in [3.8, 4) is 28.2 Å². The Kier molecular flexibility index (Phi) is 8.26. The Bertz CT molecular complexity index is 2150. The number of nitrogens with zero attached hydrogens (tertiary/aromatic N) is 1. The number of aryl methyl sites for hydroxylation is 1. The summed E-state index contributed by atoms with van der Waals surface area (Å²) in [5, 5.41) is 3.32. The molecule has 2 heterocycles. The molecule has 4 aromatic carbocycles. The van der Waals surface area contributed by atoms with Gasteiger partial charge in [0.1, 0.15) is 17.1 Å². The maximum atomic E-state index is 13.6. The molecule has 0 N–H and O–H groups in total. The first kappa shape index (κ1) is 29.4. The normalized spacial score (nSPS) is 11.5. The molecule has 0 saturated heterocycles. The van der Waals surface area contributed by atoms with E-state index in [2.05, 4.69) is 60.0 Å². The van der Waals surface area contributed by atoms with Crippen LogP contribution in [0.2, 0.25) is 0 Å². The Morgan fingerprint density at radius 3 is 2.24 bits per heavy atom. The molecule has 6 heteroatoms. The molecule has 6 nitrogen and oxygen atoms in total. The zero-order valence-corrected chi connectivity index (χ0v) is 25.8. The van der Waals surface area contributed by atoms with Crippen molar-refractivity contribution in [1.82, 2.24) is 4.57 Å². The molecule has 1 aromatic heterocycles. The largest absolute Gasteiger partial charge is 0.493 e. The molecular formula is C40H35NO5. The number of carbonyl (C=O) groups excluding carboxylic acids is 1. The third-order valence-corrected chi connectivity index (χ3v) is 8.54. The SMILES string of the molecule is CCCCOc1ccc2c(-c3ccccc3C(=O)OCCCCn3c4ccccc4c4ccccc43)c3ccc(=O)cc-3oc2c1.